The van der Waals surface area contributed by atoms with Crippen molar-refractivity contribution < 1.29 is 4.79 Å². The maximum absolute atomic E-state index is 11.7. The van der Waals surface area contributed by atoms with Crippen molar-refractivity contribution in [3.8, 4) is 11.3 Å². The Morgan fingerprint density at radius 3 is 2.41 bits per heavy atom. The number of carbonyl (C=O) groups excluding carboxylic acids is 1. The monoisotopic (exact) mass is 309 g/mol. The number of aromatic amines is 1. The van der Waals surface area contributed by atoms with E-state index in [4.69, 9.17) is 0 Å². The Morgan fingerprint density at radius 1 is 1.09 bits per heavy atom. The Kier molecular flexibility index (Phi) is 4.08. The predicted molar refractivity (Wildman–Crippen MR) is 95.0 cm³/mol. The highest BCUT2D eigenvalue weighted by Gasteiger charge is 2.15. The van der Waals surface area contributed by atoms with E-state index in [9.17, 15) is 4.79 Å². The summed E-state index contributed by atoms with van der Waals surface area (Å²) in [7, 11) is 0. The van der Waals surface area contributed by atoms with E-state index in [0.717, 1.165) is 34.0 Å². The van der Waals surface area contributed by atoms with E-state index >= 15 is 0 Å². The molecule has 0 aliphatic rings. The number of hydrogen-bond donors (Lipinski definition) is 1. The summed E-state index contributed by atoms with van der Waals surface area (Å²) in [6.07, 6.45) is 3.02. The lowest BCUT2D eigenvalue weighted by molar-refractivity contribution is 0.112. The van der Waals surface area contributed by atoms with Crippen LogP contribution in [0.25, 0.3) is 22.2 Å². The molecule has 0 fully saturated rings. The quantitative estimate of drug-likeness (QED) is 0.510. The molecule has 2 aromatic carbocycles. The first-order valence-electron chi connectivity index (χ1n) is 7.40. The fraction of sp³-hybridized carbons (Fsp3) is 0.211. The van der Waals surface area contributed by atoms with Crippen LogP contribution in [-0.2, 0) is 0 Å². The first kappa shape index (κ1) is 14.9. The standard InChI is InChI=1S/C19H19NOS/c1-12(2)15-5-4-6-16-17(11-21)18(20-19(15)16)13-7-9-14(22-3)10-8-13/h4-12,20H,1-3H3. The summed E-state index contributed by atoms with van der Waals surface area (Å²) >= 11 is 1.71. The Bertz CT molecular complexity index is 815. The van der Waals surface area contributed by atoms with Gasteiger partial charge < -0.3 is 4.98 Å². The van der Waals surface area contributed by atoms with Gasteiger partial charge in [-0.1, -0.05) is 44.2 Å². The molecule has 0 amide bonds. The number of nitrogens with one attached hydrogen (secondary N) is 1. The molecule has 0 aliphatic carbocycles. The summed E-state index contributed by atoms with van der Waals surface area (Å²) < 4.78 is 0. The van der Waals surface area contributed by atoms with Crippen LogP contribution in [0.5, 0.6) is 0 Å². The van der Waals surface area contributed by atoms with E-state index in [1.807, 2.05) is 12.1 Å². The third-order valence-electron chi connectivity index (χ3n) is 4.02. The minimum Gasteiger partial charge on any atom is -0.354 e. The van der Waals surface area contributed by atoms with Crippen LogP contribution in [0.15, 0.2) is 47.4 Å². The van der Waals surface area contributed by atoms with E-state index in [0.29, 0.717) is 5.92 Å². The van der Waals surface area contributed by atoms with Gasteiger partial charge in [-0.15, -0.1) is 11.8 Å². The molecule has 0 bridgehead atoms. The van der Waals surface area contributed by atoms with Gasteiger partial charge in [0.2, 0.25) is 0 Å². The largest absolute Gasteiger partial charge is 0.354 e. The molecule has 3 rings (SSSR count). The maximum Gasteiger partial charge on any atom is 0.152 e. The molecule has 3 heteroatoms. The van der Waals surface area contributed by atoms with E-state index in [1.165, 1.54) is 10.5 Å². The number of hydrogen-bond acceptors (Lipinski definition) is 2. The smallest absolute Gasteiger partial charge is 0.152 e. The number of aromatic nitrogens is 1. The second-order valence-corrected chi connectivity index (χ2v) is 6.56. The highest BCUT2D eigenvalue weighted by Crippen LogP contribution is 2.33. The van der Waals surface area contributed by atoms with Crippen LogP contribution in [0.2, 0.25) is 0 Å². The van der Waals surface area contributed by atoms with E-state index < -0.39 is 0 Å². The number of rotatable bonds is 4. The summed E-state index contributed by atoms with van der Waals surface area (Å²) in [6, 6.07) is 14.5. The van der Waals surface area contributed by atoms with Gasteiger partial charge in [0.1, 0.15) is 0 Å². The van der Waals surface area contributed by atoms with Gasteiger partial charge in [-0.3, -0.25) is 4.79 Å². The minimum atomic E-state index is 0.411. The van der Waals surface area contributed by atoms with Gasteiger partial charge >= 0.3 is 0 Å². The zero-order valence-electron chi connectivity index (χ0n) is 13.0. The van der Waals surface area contributed by atoms with Gasteiger partial charge in [0.15, 0.2) is 6.29 Å². The van der Waals surface area contributed by atoms with Gasteiger partial charge in [0.25, 0.3) is 0 Å². The number of fused-ring (bicyclic) bond motifs is 1. The average molecular weight is 309 g/mol. The second kappa shape index (κ2) is 6.01. The summed E-state index contributed by atoms with van der Waals surface area (Å²) in [5, 5.41) is 1.00. The lowest BCUT2D eigenvalue weighted by Crippen LogP contribution is -1.88. The number of para-hydroxylation sites is 1. The Labute approximate surface area is 134 Å². The fourth-order valence-corrected chi connectivity index (χ4v) is 3.26. The third-order valence-corrected chi connectivity index (χ3v) is 4.77. The minimum absolute atomic E-state index is 0.411. The summed E-state index contributed by atoms with van der Waals surface area (Å²) in [6.45, 7) is 4.34. The fourth-order valence-electron chi connectivity index (χ4n) is 2.85. The SMILES string of the molecule is CSc1ccc(-c2[nH]c3c(C(C)C)cccc3c2C=O)cc1. The molecule has 1 N–H and O–H groups in total. The number of H-pyrrole nitrogens is 1. The lowest BCUT2D eigenvalue weighted by Gasteiger charge is -2.06. The number of benzene rings is 2. The van der Waals surface area contributed by atoms with Crippen LogP contribution < -0.4 is 0 Å². The molecule has 0 saturated heterocycles. The molecular formula is C19H19NOS. The van der Waals surface area contributed by atoms with Crippen LogP contribution in [-0.4, -0.2) is 17.5 Å². The van der Waals surface area contributed by atoms with Crippen molar-refractivity contribution in [2.45, 2.75) is 24.7 Å². The molecule has 0 unspecified atom stereocenters. The molecule has 22 heavy (non-hydrogen) atoms. The van der Waals surface area contributed by atoms with Crippen molar-refractivity contribution in [2.75, 3.05) is 6.26 Å². The second-order valence-electron chi connectivity index (χ2n) is 5.68. The molecule has 0 radical (unpaired) electrons. The molecule has 0 spiro atoms. The van der Waals surface area contributed by atoms with Crippen LogP contribution in [0.3, 0.4) is 0 Å². The van der Waals surface area contributed by atoms with Crippen LogP contribution in [0.4, 0.5) is 0 Å². The van der Waals surface area contributed by atoms with Gasteiger partial charge in [-0.25, -0.2) is 0 Å². The van der Waals surface area contributed by atoms with Gasteiger partial charge in [0, 0.05) is 15.8 Å². The highest BCUT2D eigenvalue weighted by atomic mass is 32.2. The van der Waals surface area contributed by atoms with Crippen molar-refractivity contribution in [1.29, 1.82) is 0 Å². The molecule has 3 aromatic rings. The zero-order chi connectivity index (χ0) is 15.7. The van der Waals surface area contributed by atoms with Crippen molar-refractivity contribution >= 4 is 29.0 Å². The number of carbonyl (C=O) groups is 1. The highest BCUT2D eigenvalue weighted by molar-refractivity contribution is 7.98. The number of aldehydes is 1. The topological polar surface area (TPSA) is 32.9 Å². The van der Waals surface area contributed by atoms with Crippen molar-refractivity contribution in [3.05, 3.63) is 53.6 Å². The Morgan fingerprint density at radius 2 is 1.82 bits per heavy atom. The zero-order valence-corrected chi connectivity index (χ0v) is 13.8. The van der Waals surface area contributed by atoms with Crippen molar-refractivity contribution in [3.63, 3.8) is 0 Å². The Balaban J connectivity index is 2.24. The summed E-state index contributed by atoms with van der Waals surface area (Å²) in [5.74, 6) is 0.411. The molecule has 0 atom stereocenters. The van der Waals surface area contributed by atoms with Crippen LogP contribution in [0, 0.1) is 0 Å². The van der Waals surface area contributed by atoms with Crippen molar-refractivity contribution in [1.82, 2.24) is 4.98 Å². The molecular weight excluding hydrogens is 290 g/mol. The van der Waals surface area contributed by atoms with E-state index in [-0.39, 0.29) is 0 Å². The average Bonchev–Trinajstić information content (AvgIpc) is 2.93. The molecule has 0 aliphatic heterocycles. The normalized spacial score (nSPS) is 11.3. The molecule has 112 valence electrons. The maximum atomic E-state index is 11.7. The summed E-state index contributed by atoms with van der Waals surface area (Å²) in [4.78, 5) is 16.4. The number of thioether (sulfide) groups is 1. The first-order chi connectivity index (χ1) is 10.7. The first-order valence-corrected chi connectivity index (χ1v) is 8.62. The van der Waals surface area contributed by atoms with Crippen molar-refractivity contribution in [2.24, 2.45) is 0 Å². The molecule has 1 aromatic heterocycles. The van der Waals surface area contributed by atoms with Gasteiger partial charge in [-0.2, -0.15) is 0 Å². The van der Waals surface area contributed by atoms with Gasteiger partial charge in [0.05, 0.1) is 11.2 Å². The van der Waals surface area contributed by atoms with E-state index in [1.54, 1.807) is 11.8 Å². The molecule has 2 nitrogen and oxygen atoms in total. The molecule has 1 heterocycles. The lowest BCUT2D eigenvalue weighted by atomic mass is 9.99. The van der Waals surface area contributed by atoms with Crippen LogP contribution >= 0.6 is 11.8 Å². The summed E-state index contributed by atoms with van der Waals surface area (Å²) in [5.41, 5.74) is 5.02. The predicted octanol–water partition coefficient (Wildman–Crippen LogP) is 5.49. The van der Waals surface area contributed by atoms with Crippen LogP contribution in [0.1, 0.15) is 35.7 Å². The third kappa shape index (κ3) is 2.46. The van der Waals surface area contributed by atoms with E-state index in [2.05, 4.69) is 55.4 Å². The van der Waals surface area contributed by atoms with Gasteiger partial charge in [-0.05, 0) is 35.4 Å². The Hall–Kier alpha value is -2.00. The molecule has 0 saturated carbocycles.